The summed E-state index contributed by atoms with van der Waals surface area (Å²) < 4.78 is 5.27. The van der Waals surface area contributed by atoms with Crippen LogP contribution in [0.5, 0.6) is 0 Å². The van der Waals surface area contributed by atoms with Gasteiger partial charge >= 0.3 is 0 Å². The molecule has 2 aliphatic rings. The first-order valence-corrected chi connectivity index (χ1v) is 6.95. The van der Waals surface area contributed by atoms with Gasteiger partial charge in [0.25, 0.3) is 0 Å². The van der Waals surface area contributed by atoms with Crippen LogP contribution in [0.3, 0.4) is 0 Å². The van der Waals surface area contributed by atoms with Gasteiger partial charge in [-0.15, -0.1) is 0 Å². The lowest BCUT2D eigenvalue weighted by Crippen LogP contribution is -2.57. The van der Waals surface area contributed by atoms with Gasteiger partial charge in [0.15, 0.2) is 0 Å². The van der Waals surface area contributed by atoms with Crippen LogP contribution in [0, 0.1) is 5.41 Å². The maximum absolute atomic E-state index is 12.6. The van der Waals surface area contributed by atoms with Crippen molar-refractivity contribution in [1.29, 1.82) is 0 Å². The van der Waals surface area contributed by atoms with Crippen molar-refractivity contribution in [3.05, 3.63) is 0 Å². The molecule has 2 amide bonds. The van der Waals surface area contributed by atoms with E-state index in [1.165, 1.54) is 0 Å². The second-order valence-electron chi connectivity index (χ2n) is 6.63. The number of carbonyl (C=O) groups is 2. The topological polar surface area (TPSA) is 58.6 Å². The largest absolute Gasteiger partial charge is 0.381 e. The van der Waals surface area contributed by atoms with Crippen LogP contribution < -0.4 is 5.32 Å². The molecule has 0 aromatic heterocycles. The van der Waals surface area contributed by atoms with Gasteiger partial charge < -0.3 is 15.0 Å². The average Bonchev–Trinajstić information content (AvgIpc) is 2.39. The first-order chi connectivity index (χ1) is 8.82. The van der Waals surface area contributed by atoms with Crippen molar-refractivity contribution in [3.8, 4) is 0 Å². The summed E-state index contributed by atoms with van der Waals surface area (Å²) in [6.45, 7) is 6.48. The van der Waals surface area contributed by atoms with Gasteiger partial charge in [-0.25, -0.2) is 0 Å². The van der Waals surface area contributed by atoms with E-state index >= 15 is 0 Å². The van der Waals surface area contributed by atoms with E-state index in [1.54, 1.807) is 7.11 Å². The van der Waals surface area contributed by atoms with Crippen molar-refractivity contribution >= 4 is 11.8 Å². The van der Waals surface area contributed by atoms with E-state index < -0.39 is 6.04 Å². The molecule has 19 heavy (non-hydrogen) atoms. The molecule has 1 heterocycles. The Morgan fingerprint density at radius 3 is 2.42 bits per heavy atom. The second kappa shape index (κ2) is 5.12. The predicted molar refractivity (Wildman–Crippen MR) is 71.5 cm³/mol. The molecule has 1 aliphatic carbocycles. The summed E-state index contributed by atoms with van der Waals surface area (Å²) in [5.74, 6) is 0.0243. The van der Waals surface area contributed by atoms with Gasteiger partial charge in [-0.05, 0) is 18.3 Å². The highest BCUT2D eigenvalue weighted by atomic mass is 16.5. The number of rotatable bonds is 2. The zero-order valence-electron chi connectivity index (χ0n) is 12.2. The molecule has 1 atom stereocenters. The van der Waals surface area contributed by atoms with Crippen LogP contribution in [0.1, 0.15) is 40.0 Å². The van der Waals surface area contributed by atoms with Gasteiger partial charge in [-0.3, -0.25) is 9.59 Å². The lowest BCUT2D eigenvalue weighted by molar-refractivity contribution is -0.143. The number of carbonyl (C=O) groups excluding carboxylic acids is 2. The van der Waals surface area contributed by atoms with E-state index in [2.05, 4.69) is 5.32 Å². The maximum atomic E-state index is 12.6. The molecule has 0 radical (unpaired) electrons. The van der Waals surface area contributed by atoms with Crippen molar-refractivity contribution in [2.75, 3.05) is 13.7 Å². The average molecular weight is 268 g/mol. The molecule has 0 aromatic carbocycles. The van der Waals surface area contributed by atoms with E-state index in [-0.39, 0.29) is 29.4 Å². The molecule has 0 spiro atoms. The fourth-order valence-electron chi connectivity index (χ4n) is 2.73. The molecule has 1 aliphatic heterocycles. The summed E-state index contributed by atoms with van der Waals surface area (Å²) in [4.78, 5) is 26.3. The number of nitrogens with one attached hydrogen (secondary N) is 1. The minimum absolute atomic E-state index is 0.0293. The lowest BCUT2D eigenvalue weighted by atomic mass is 9.83. The van der Waals surface area contributed by atoms with Crippen molar-refractivity contribution in [2.24, 2.45) is 5.41 Å². The Hall–Kier alpha value is -1.10. The third-order valence-corrected chi connectivity index (χ3v) is 4.13. The molecule has 0 bridgehead atoms. The molecule has 1 unspecified atom stereocenters. The molecule has 1 N–H and O–H groups in total. The second-order valence-corrected chi connectivity index (χ2v) is 6.63. The third-order valence-electron chi connectivity index (χ3n) is 4.13. The number of hydrogen-bond donors (Lipinski definition) is 1. The summed E-state index contributed by atoms with van der Waals surface area (Å²) in [5.41, 5.74) is -0.264. The fraction of sp³-hybridized carbons (Fsp3) is 0.857. The van der Waals surface area contributed by atoms with Gasteiger partial charge in [0.1, 0.15) is 6.04 Å². The van der Waals surface area contributed by atoms with Crippen molar-refractivity contribution in [3.63, 3.8) is 0 Å². The van der Waals surface area contributed by atoms with Gasteiger partial charge in [-0.1, -0.05) is 20.8 Å². The first kappa shape index (κ1) is 14.3. The Labute approximate surface area is 114 Å². The Kier molecular flexibility index (Phi) is 3.85. The van der Waals surface area contributed by atoms with Gasteiger partial charge in [0.05, 0.1) is 6.10 Å². The molecule has 0 aromatic rings. The van der Waals surface area contributed by atoms with Crippen LogP contribution in [0.2, 0.25) is 0 Å². The van der Waals surface area contributed by atoms with Crippen LogP contribution in [0.4, 0.5) is 0 Å². The number of hydrogen-bond acceptors (Lipinski definition) is 3. The van der Waals surface area contributed by atoms with Crippen LogP contribution in [-0.4, -0.2) is 48.6 Å². The highest BCUT2D eigenvalue weighted by Crippen LogP contribution is 2.31. The monoisotopic (exact) mass is 268 g/mol. The molecule has 108 valence electrons. The summed E-state index contributed by atoms with van der Waals surface area (Å²) in [6, 6.07) is -0.195. The van der Waals surface area contributed by atoms with Gasteiger partial charge in [-0.2, -0.15) is 0 Å². The molecule has 2 fully saturated rings. The van der Waals surface area contributed by atoms with Crippen LogP contribution in [0.25, 0.3) is 0 Å². The zero-order chi connectivity index (χ0) is 14.2. The van der Waals surface area contributed by atoms with E-state index in [4.69, 9.17) is 4.74 Å². The molecule has 2 rings (SSSR count). The van der Waals surface area contributed by atoms with E-state index in [1.807, 2.05) is 25.7 Å². The maximum Gasteiger partial charge on any atom is 0.245 e. The summed E-state index contributed by atoms with van der Waals surface area (Å²) in [6.07, 6.45) is 2.42. The Morgan fingerprint density at radius 1 is 1.26 bits per heavy atom. The van der Waals surface area contributed by atoms with E-state index in [0.29, 0.717) is 13.0 Å². The highest BCUT2D eigenvalue weighted by Gasteiger charge is 2.43. The van der Waals surface area contributed by atoms with Crippen LogP contribution in [-0.2, 0) is 14.3 Å². The zero-order valence-corrected chi connectivity index (χ0v) is 12.2. The number of amides is 2. The number of methoxy groups -OCH3 is 1. The summed E-state index contributed by atoms with van der Waals surface area (Å²) in [5, 5.41) is 2.87. The van der Waals surface area contributed by atoms with Crippen LogP contribution in [0.15, 0.2) is 0 Å². The van der Waals surface area contributed by atoms with E-state index in [0.717, 1.165) is 12.8 Å². The minimum Gasteiger partial charge on any atom is -0.381 e. The Bertz CT molecular complexity index is 369. The quantitative estimate of drug-likeness (QED) is 0.810. The molecule has 1 saturated carbocycles. The Morgan fingerprint density at radius 2 is 1.89 bits per heavy atom. The van der Waals surface area contributed by atoms with Crippen LogP contribution >= 0.6 is 0 Å². The van der Waals surface area contributed by atoms with Crippen molar-refractivity contribution in [2.45, 2.75) is 58.2 Å². The Balaban J connectivity index is 2.11. The summed E-state index contributed by atoms with van der Waals surface area (Å²) >= 11 is 0. The van der Waals surface area contributed by atoms with Gasteiger partial charge in [0, 0.05) is 26.1 Å². The molecule has 5 heteroatoms. The predicted octanol–water partition coefficient (Wildman–Crippen LogP) is 0.927. The molecule has 1 saturated heterocycles. The first-order valence-electron chi connectivity index (χ1n) is 6.95. The number of ether oxygens (including phenoxy) is 1. The summed E-state index contributed by atoms with van der Waals surface area (Å²) in [7, 11) is 1.70. The third kappa shape index (κ3) is 2.91. The van der Waals surface area contributed by atoms with E-state index in [9.17, 15) is 9.59 Å². The number of nitrogens with zero attached hydrogens (tertiary/aromatic N) is 1. The highest BCUT2D eigenvalue weighted by molar-refractivity contribution is 5.90. The normalized spacial score (nSPS) is 32.6. The molecular weight excluding hydrogens is 244 g/mol. The molecule has 5 nitrogen and oxygen atoms in total. The minimum atomic E-state index is -0.427. The SMILES string of the molecule is COC1CC(N2CCC(=O)NC(C(C)(C)C)C2=O)C1. The van der Waals surface area contributed by atoms with Crippen molar-refractivity contribution < 1.29 is 14.3 Å². The lowest BCUT2D eigenvalue weighted by Gasteiger charge is -2.43. The standard InChI is InChI=1S/C14H24N2O3/c1-14(2,3)12-13(18)16(6-5-11(17)15-12)9-7-10(8-9)19-4/h9-10,12H,5-8H2,1-4H3,(H,15,17). The smallest absolute Gasteiger partial charge is 0.245 e. The van der Waals surface area contributed by atoms with Gasteiger partial charge in [0.2, 0.25) is 11.8 Å². The van der Waals surface area contributed by atoms with Crippen molar-refractivity contribution in [1.82, 2.24) is 10.2 Å². The fourth-order valence-corrected chi connectivity index (χ4v) is 2.73. The molecular formula is C14H24N2O3.